The molecule has 1 aliphatic heterocycles. The number of fused-ring (bicyclic) bond motifs is 1. The Morgan fingerprint density at radius 2 is 1.92 bits per heavy atom. The van der Waals surface area contributed by atoms with Crippen LogP contribution in [0.15, 0.2) is 48.5 Å². The summed E-state index contributed by atoms with van der Waals surface area (Å²) in [5.41, 5.74) is 2.18. The molecule has 37 heavy (non-hydrogen) atoms. The highest BCUT2D eigenvalue weighted by molar-refractivity contribution is 5.99. The van der Waals surface area contributed by atoms with Crippen molar-refractivity contribution in [2.45, 2.75) is 45.4 Å². The number of aliphatic hydroxyl groups is 1. The number of ether oxygens (including phenoxy) is 1. The summed E-state index contributed by atoms with van der Waals surface area (Å²) in [5, 5.41) is 12.8. The molecule has 2 N–H and O–H groups in total. The molecule has 2 aromatic rings. The van der Waals surface area contributed by atoms with Crippen LogP contribution in [0.3, 0.4) is 0 Å². The van der Waals surface area contributed by atoms with Gasteiger partial charge in [0.05, 0.1) is 18.2 Å². The van der Waals surface area contributed by atoms with Crippen LogP contribution in [0.25, 0.3) is 0 Å². The first-order valence-corrected chi connectivity index (χ1v) is 13.1. The molecule has 0 aliphatic carbocycles. The lowest BCUT2D eigenvalue weighted by molar-refractivity contribution is -0.116. The SMILES string of the molecule is C[C@H](CO)N1C[C@H](C)[C@@H](CN(C)Cc2ccccc2)Oc2ccc(NC(=O)CCCN(C)C)cc2C1=O. The summed E-state index contributed by atoms with van der Waals surface area (Å²) in [6.07, 6.45) is 0.991. The van der Waals surface area contributed by atoms with E-state index < -0.39 is 0 Å². The molecule has 0 aromatic heterocycles. The number of rotatable bonds is 11. The Morgan fingerprint density at radius 3 is 2.59 bits per heavy atom. The third-order valence-corrected chi connectivity index (χ3v) is 6.74. The lowest BCUT2D eigenvalue weighted by Crippen LogP contribution is -2.49. The van der Waals surface area contributed by atoms with Crippen LogP contribution in [0.4, 0.5) is 5.69 Å². The first kappa shape index (κ1) is 28.6. The minimum atomic E-state index is -0.340. The van der Waals surface area contributed by atoms with E-state index in [2.05, 4.69) is 36.3 Å². The lowest BCUT2D eigenvalue weighted by Gasteiger charge is -2.38. The summed E-state index contributed by atoms with van der Waals surface area (Å²) in [4.78, 5) is 32.0. The van der Waals surface area contributed by atoms with Gasteiger partial charge >= 0.3 is 0 Å². The first-order chi connectivity index (χ1) is 17.7. The van der Waals surface area contributed by atoms with Gasteiger partial charge in [-0.2, -0.15) is 0 Å². The number of carbonyl (C=O) groups excluding carboxylic acids is 2. The summed E-state index contributed by atoms with van der Waals surface area (Å²) in [5.74, 6) is 0.245. The van der Waals surface area contributed by atoms with Gasteiger partial charge in [-0.15, -0.1) is 0 Å². The number of hydrogen-bond acceptors (Lipinski definition) is 6. The van der Waals surface area contributed by atoms with E-state index in [9.17, 15) is 14.7 Å². The molecule has 8 heteroatoms. The van der Waals surface area contributed by atoms with Crippen LogP contribution in [0.5, 0.6) is 5.75 Å². The number of benzene rings is 2. The van der Waals surface area contributed by atoms with Crippen molar-refractivity contribution in [3.8, 4) is 5.75 Å². The van der Waals surface area contributed by atoms with Crippen molar-refractivity contribution in [2.24, 2.45) is 5.92 Å². The normalized spacial score (nSPS) is 18.7. The molecule has 2 aromatic carbocycles. The van der Waals surface area contributed by atoms with Crippen molar-refractivity contribution in [1.82, 2.24) is 14.7 Å². The van der Waals surface area contributed by atoms with Crippen molar-refractivity contribution in [3.05, 3.63) is 59.7 Å². The average Bonchev–Trinajstić information content (AvgIpc) is 2.86. The second-order valence-electron chi connectivity index (χ2n) is 10.5. The molecule has 3 atom stereocenters. The van der Waals surface area contributed by atoms with Gasteiger partial charge in [0.1, 0.15) is 11.9 Å². The molecule has 1 aliphatic rings. The Morgan fingerprint density at radius 1 is 1.19 bits per heavy atom. The van der Waals surface area contributed by atoms with E-state index >= 15 is 0 Å². The molecule has 0 fully saturated rings. The van der Waals surface area contributed by atoms with Crippen LogP contribution in [0.1, 0.15) is 42.6 Å². The number of likely N-dealkylation sites (N-methyl/N-ethyl adjacent to an activating group) is 1. The Bertz CT molecular complexity index is 1030. The van der Waals surface area contributed by atoms with Crippen LogP contribution < -0.4 is 10.1 Å². The molecule has 0 saturated carbocycles. The highest BCUT2D eigenvalue weighted by Gasteiger charge is 2.33. The van der Waals surface area contributed by atoms with Gasteiger partial charge in [0, 0.05) is 37.7 Å². The van der Waals surface area contributed by atoms with E-state index in [1.54, 1.807) is 23.1 Å². The van der Waals surface area contributed by atoms with Crippen LogP contribution in [0, 0.1) is 5.92 Å². The predicted octanol–water partition coefficient (Wildman–Crippen LogP) is 3.32. The van der Waals surface area contributed by atoms with Crippen molar-refractivity contribution >= 4 is 17.5 Å². The zero-order chi connectivity index (χ0) is 26.9. The Balaban J connectivity index is 1.82. The highest BCUT2D eigenvalue weighted by atomic mass is 16.5. The summed E-state index contributed by atoms with van der Waals surface area (Å²) in [6.45, 7) is 6.55. The summed E-state index contributed by atoms with van der Waals surface area (Å²) in [7, 11) is 6.02. The Labute approximate surface area is 221 Å². The molecule has 0 radical (unpaired) electrons. The van der Waals surface area contributed by atoms with Gasteiger partial charge in [0.25, 0.3) is 5.91 Å². The minimum Gasteiger partial charge on any atom is -0.488 e. The molecule has 0 spiro atoms. The van der Waals surface area contributed by atoms with Gasteiger partial charge < -0.3 is 25.0 Å². The van der Waals surface area contributed by atoms with Crippen molar-refractivity contribution in [3.63, 3.8) is 0 Å². The largest absolute Gasteiger partial charge is 0.488 e. The van der Waals surface area contributed by atoms with Gasteiger partial charge in [-0.25, -0.2) is 0 Å². The fourth-order valence-electron chi connectivity index (χ4n) is 4.56. The fraction of sp³-hybridized carbons (Fsp3) is 0.517. The maximum absolute atomic E-state index is 13.6. The highest BCUT2D eigenvalue weighted by Crippen LogP contribution is 2.31. The number of amides is 2. The lowest BCUT2D eigenvalue weighted by atomic mass is 9.99. The Hall–Kier alpha value is -2.94. The number of nitrogens with zero attached hydrogens (tertiary/aromatic N) is 3. The van der Waals surface area contributed by atoms with Crippen LogP contribution >= 0.6 is 0 Å². The topological polar surface area (TPSA) is 85.3 Å². The monoisotopic (exact) mass is 510 g/mol. The van der Waals surface area contributed by atoms with Gasteiger partial charge in [-0.1, -0.05) is 37.3 Å². The quantitative estimate of drug-likeness (QED) is 0.483. The van der Waals surface area contributed by atoms with Crippen molar-refractivity contribution < 1.29 is 19.4 Å². The summed E-state index contributed by atoms with van der Waals surface area (Å²) >= 11 is 0. The molecular formula is C29H42N4O4. The molecule has 0 saturated heterocycles. The third kappa shape index (κ3) is 8.28. The van der Waals surface area contributed by atoms with Crippen LogP contribution in [0.2, 0.25) is 0 Å². The van der Waals surface area contributed by atoms with E-state index in [0.29, 0.717) is 36.5 Å². The fourth-order valence-corrected chi connectivity index (χ4v) is 4.56. The van der Waals surface area contributed by atoms with Crippen LogP contribution in [-0.4, -0.2) is 91.2 Å². The van der Waals surface area contributed by atoms with Crippen molar-refractivity contribution in [1.29, 1.82) is 0 Å². The van der Waals surface area contributed by atoms with Gasteiger partial charge in [-0.3, -0.25) is 14.5 Å². The second kappa shape index (κ2) is 13.6. The average molecular weight is 511 g/mol. The minimum absolute atomic E-state index is 0.0420. The molecule has 0 unspecified atom stereocenters. The van der Waals surface area contributed by atoms with E-state index in [1.165, 1.54) is 5.56 Å². The smallest absolute Gasteiger partial charge is 0.258 e. The molecular weight excluding hydrogens is 468 g/mol. The van der Waals surface area contributed by atoms with Gasteiger partial charge in [0.15, 0.2) is 0 Å². The van der Waals surface area contributed by atoms with Gasteiger partial charge in [-0.05, 0) is 64.8 Å². The maximum Gasteiger partial charge on any atom is 0.258 e. The van der Waals surface area contributed by atoms with Crippen molar-refractivity contribution in [2.75, 3.05) is 52.7 Å². The number of aliphatic hydroxyl groups excluding tert-OH is 1. The van der Waals surface area contributed by atoms with Crippen LogP contribution in [-0.2, 0) is 11.3 Å². The number of carbonyl (C=O) groups is 2. The predicted molar refractivity (Wildman–Crippen MR) is 147 cm³/mol. The number of anilines is 1. The summed E-state index contributed by atoms with van der Waals surface area (Å²) in [6, 6.07) is 15.2. The molecule has 0 bridgehead atoms. The van der Waals surface area contributed by atoms with E-state index in [4.69, 9.17) is 4.74 Å². The number of hydrogen-bond donors (Lipinski definition) is 2. The third-order valence-electron chi connectivity index (χ3n) is 6.74. The maximum atomic E-state index is 13.6. The number of nitrogens with one attached hydrogen (secondary N) is 1. The summed E-state index contributed by atoms with van der Waals surface area (Å²) < 4.78 is 6.47. The first-order valence-electron chi connectivity index (χ1n) is 13.1. The molecule has 8 nitrogen and oxygen atoms in total. The zero-order valence-corrected chi connectivity index (χ0v) is 22.8. The molecule has 202 valence electrons. The van der Waals surface area contributed by atoms with E-state index in [1.807, 2.05) is 44.1 Å². The van der Waals surface area contributed by atoms with E-state index in [0.717, 1.165) is 19.5 Å². The zero-order valence-electron chi connectivity index (χ0n) is 22.8. The standard InChI is InChI=1S/C29H42N4O4/c1-21-17-33(22(2)20-34)29(36)25-16-24(30-28(35)12-9-15-31(3)4)13-14-26(25)37-27(21)19-32(5)18-23-10-7-6-8-11-23/h6-8,10-11,13-14,16,21-22,27,34H,9,12,15,17-20H2,1-5H3,(H,30,35)/t21-,22+,27+/m0/s1. The molecule has 1 heterocycles. The van der Waals surface area contributed by atoms with E-state index in [-0.39, 0.29) is 36.5 Å². The molecule has 3 rings (SSSR count). The second-order valence-corrected chi connectivity index (χ2v) is 10.5. The Kier molecular flexibility index (Phi) is 10.5. The van der Waals surface area contributed by atoms with Gasteiger partial charge in [0.2, 0.25) is 5.91 Å². The molecule has 2 amide bonds.